The third-order valence-corrected chi connectivity index (χ3v) is 2.98. The second-order valence-electron chi connectivity index (χ2n) is 5.79. The highest BCUT2D eigenvalue weighted by Gasteiger charge is 2.42. The third kappa shape index (κ3) is 2.96. The van der Waals surface area contributed by atoms with Crippen LogP contribution in [-0.2, 0) is 16.0 Å². The van der Waals surface area contributed by atoms with Crippen LogP contribution in [0.2, 0.25) is 0 Å². The van der Waals surface area contributed by atoms with E-state index in [1.54, 1.807) is 20.8 Å². The molecule has 0 spiro atoms. The lowest BCUT2D eigenvalue weighted by atomic mass is 10.1. The number of carboxylic acids is 1. The number of fused-ring (bicyclic) bond motifs is 1. The van der Waals surface area contributed by atoms with E-state index in [0.717, 1.165) is 11.0 Å². The van der Waals surface area contributed by atoms with Gasteiger partial charge in [0.15, 0.2) is 0 Å². The van der Waals surface area contributed by atoms with Crippen LogP contribution in [0.4, 0.5) is 19.3 Å². The van der Waals surface area contributed by atoms with Crippen LogP contribution in [0.25, 0.3) is 0 Å². The molecular weight excluding hydrogens is 284 g/mol. The average Bonchev–Trinajstić information content (AvgIpc) is 2.66. The fourth-order valence-electron chi connectivity index (χ4n) is 2.19. The normalized spacial score (nSPS) is 17.6. The molecule has 0 radical (unpaired) electrons. The predicted octanol–water partition coefficient (Wildman–Crippen LogP) is 2.72. The van der Waals surface area contributed by atoms with E-state index in [1.807, 2.05) is 0 Å². The van der Waals surface area contributed by atoms with Gasteiger partial charge in [-0.15, -0.1) is 0 Å². The molecule has 0 aliphatic carbocycles. The lowest BCUT2D eigenvalue weighted by Crippen LogP contribution is -2.45. The maximum Gasteiger partial charge on any atom is 0.415 e. The van der Waals surface area contributed by atoms with Crippen molar-refractivity contribution in [3.63, 3.8) is 0 Å². The summed E-state index contributed by atoms with van der Waals surface area (Å²) in [6.07, 6.45) is -1.17. The van der Waals surface area contributed by atoms with Gasteiger partial charge in [-0.2, -0.15) is 0 Å². The number of rotatable bonds is 1. The third-order valence-electron chi connectivity index (χ3n) is 2.98. The first-order chi connectivity index (χ1) is 9.60. The molecule has 0 aromatic heterocycles. The average molecular weight is 299 g/mol. The number of benzene rings is 1. The molecule has 2 rings (SSSR count). The molecule has 0 saturated heterocycles. The lowest BCUT2D eigenvalue weighted by molar-refractivity contribution is -0.138. The number of amides is 1. The lowest BCUT2D eigenvalue weighted by Gasteiger charge is -2.27. The van der Waals surface area contributed by atoms with Crippen LogP contribution in [0.1, 0.15) is 26.3 Å². The van der Waals surface area contributed by atoms with E-state index in [1.165, 1.54) is 0 Å². The Morgan fingerprint density at radius 1 is 1.33 bits per heavy atom. The van der Waals surface area contributed by atoms with E-state index in [2.05, 4.69) is 0 Å². The van der Waals surface area contributed by atoms with Gasteiger partial charge >= 0.3 is 12.1 Å². The molecular formula is C14H15F2NO4. The van der Waals surface area contributed by atoms with E-state index in [0.29, 0.717) is 6.07 Å². The number of carbonyl (C=O) groups is 2. The summed E-state index contributed by atoms with van der Waals surface area (Å²) in [6, 6.07) is 0.285. The molecule has 1 N–H and O–H groups in total. The van der Waals surface area contributed by atoms with Crippen LogP contribution in [0.5, 0.6) is 0 Å². The van der Waals surface area contributed by atoms with Crippen molar-refractivity contribution in [3.8, 4) is 0 Å². The highest BCUT2D eigenvalue weighted by Crippen LogP contribution is 2.36. The van der Waals surface area contributed by atoms with E-state index in [9.17, 15) is 23.5 Å². The minimum absolute atomic E-state index is 0.00495. The monoisotopic (exact) mass is 299 g/mol. The highest BCUT2D eigenvalue weighted by atomic mass is 19.1. The van der Waals surface area contributed by atoms with Crippen LogP contribution in [-0.4, -0.2) is 28.8 Å². The first kappa shape index (κ1) is 15.2. The van der Waals surface area contributed by atoms with E-state index in [-0.39, 0.29) is 17.7 Å². The topological polar surface area (TPSA) is 66.8 Å². The Hall–Kier alpha value is -2.18. The van der Waals surface area contributed by atoms with Crippen molar-refractivity contribution in [1.29, 1.82) is 0 Å². The summed E-state index contributed by atoms with van der Waals surface area (Å²) in [5.41, 5.74) is -0.960. The minimum atomic E-state index is -1.31. The quantitative estimate of drug-likeness (QED) is 0.866. The van der Waals surface area contributed by atoms with Crippen molar-refractivity contribution in [3.05, 3.63) is 29.3 Å². The number of anilines is 1. The van der Waals surface area contributed by atoms with Crippen molar-refractivity contribution in [2.45, 2.75) is 38.8 Å². The largest absolute Gasteiger partial charge is 0.480 e. The minimum Gasteiger partial charge on any atom is -0.480 e. The number of carboxylic acid groups (broad SMARTS) is 1. The highest BCUT2D eigenvalue weighted by molar-refractivity contribution is 5.98. The molecule has 0 bridgehead atoms. The summed E-state index contributed by atoms with van der Waals surface area (Å²) in [5.74, 6) is -3.06. The fourth-order valence-corrected chi connectivity index (χ4v) is 2.19. The van der Waals surface area contributed by atoms with Crippen molar-refractivity contribution in [2.75, 3.05) is 4.90 Å². The molecule has 114 valence electrons. The summed E-state index contributed by atoms with van der Waals surface area (Å²) < 4.78 is 32.2. The van der Waals surface area contributed by atoms with Crippen molar-refractivity contribution in [2.24, 2.45) is 0 Å². The molecule has 1 aliphatic heterocycles. The summed E-state index contributed by atoms with van der Waals surface area (Å²) in [5, 5.41) is 9.20. The Labute approximate surface area is 120 Å². The summed E-state index contributed by atoms with van der Waals surface area (Å²) in [4.78, 5) is 24.2. The molecule has 7 heteroatoms. The maximum absolute atomic E-state index is 13.8. The van der Waals surface area contributed by atoms with Crippen molar-refractivity contribution >= 4 is 17.7 Å². The molecule has 1 heterocycles. The Balaban J connectivity index is 2.47. The first-order valence-corrected chi connectivity index (χ1v) is 6.33. The number of hydrogen-bond acceptors (Lipinski definition) is 3. The predicted molar refractivity (Wildman–Crippen MR) is 70.2 cm³/mol. The Kier molecular flexibility index (Phi) is 3.61. The van der Waals surface area contributed by atoms with Crippen LogP contribution in [0.15, 0.2) is 12.1 Å². The van der Waals surface area contributed by atoms with Gasteiger partial charge in [0.1, 0.15) is 23.3 Å². The summed E-state index contributed by atoms with van der Waals surface area (Å²) in [6.45, 7) is 4.84. The van der Waals surface area contributed by atoms with Crippen molar-refractivity contribution < 1.29 is 28.2 Å². The van der Waals surface area contributed by atoms with E-state index >= 15 is 0 Å². The van der Waals surface area contributed by atoms with Gasteiger partial charge in [-0.3, -0.25) is 4.90 Å². The molecule has 1 amide bonds. The van der Waals surface area contributed by atoms with E-state index in [4.69, 9.17) is 4.74 Å². The Morgan fingerprint density at radius 3 is 2.48 bits per heavy atom. The zero-order valence-corrected chi connectivity index (χ0v) is 11.8. The number of aliphatic carboxylic acids is 1. The van der Waals surface area contributed by atoms with E-state index < -0.39 is 35.3 Å². The maximum atomic E-state index is 13.8. The molecule has 0 unspecified atom stereocenters. The molecule has 5 nitrogen and oxygen atoms in total. The molecule has 1 aliphatic rings. The van der Waals surface area contributed by atoms with Gasteiger partial charge in [-0.05, 0) is 26.8 Å². The van der Waals surface area contributed by atoms with Gasteiger partial charge in [0, 0.05) is 18.1 Å². The smallest absolute Gasteiger partial charge is 0.415 e. The fraction of sp³-hybridized carbons (Fsp3) is 0.429. The zero-order chi connectivity index (χ0) is 15.9. The van der Waals surface area contributed by atoms with Crippen LogP contribution < -0.4 is 4.90 Å². The second-order valence-corrected chi connectivity index (χ2v) is 5.79. The van der Waals surface area contributed by atoms with Gasteiger partial charge in [0.05, 0.1) is 5.69 Å². The van der Waals surface area contributed by atoms with Gasteiger partial charge in [-0.1, -0.05) is 0 Å². The van der Waals surface area contributed by atoms with Crippen LogP contribution in [0, 0.1) is 11.6 Å². The van der Waals surface area contributed by atoms with Gasteiger partial charge < -0.3 is 9.84 Å². The SMILES string of the molecule is CC(C)(C)OC(=O)N1c2cc(F)cc(F)c2C[C@@H]1C(=O)O. The van der Waals surface area contributed by atoms with Gasteiger partial charge in [0.25, 0.3) is 0 Å². The first-order valence-electron chi connectivity index (χ1n) is 6.33. The molecule has 0 fully saturated rings. The number of ether oxygens (including phenoxy) is 1. The zero-order valence-electron chi connectivity index (χ0n) is 11.8. The number of carbonyl (C=O) groups excluding carboxylic acids is 1. The molecule has 1 atom stereocenters. The van der Waals surface area contributed by atoms with Crippen molar-refractivity contribution in [1.82, 2.24) is 0 Å². The van der Waals surface area contributed by atoms with Gasteiger partial charge in [-0.25, -0.2) is 18.4 Å². The number of halogens is 2. The molecule has 1 aromatic rings. The summed E-state index contributed by atoms with van der Waals surface area (Å²) >= 11 is 0. The standard InChI is InChI=1S/C14H15F2NO4/c1-14(2,3)21-13(20)17-10-5-7(15)4-9(16)8(10)6-11(17)12(18)19/h4-5,11H,6H2,1-3H3,(H,18,19)/t11-/m1/s1. The summed E-state index contributed by atoms with van der Waals surface area (Å²) in [7, 11) is 0. The molecule has 21 heavy (non-hydrogen) atoms. The molecule has 1 aromatic carbocycles. The number of nitrogens with zero attached hydrogens (tertiary/aromatic N) is 1. The van der Waals surface area contributed by atoms with Gasteiger partial charge in [0.2, 0.25) is 0 Å². The number of hydrogen-bond donors (Lipinski definition) is 1. The van der Waals surface area contributed by atoms with Crippen LogP contribution >= 0.6 is 0 Å². The Bertz CT molecular complexity index is 610. The second kappa shape index (κ2) is 4.98. The Morgan fingerprint density at radius 2 is 1.95 bits per heavy atom. The van der Waals surface area contributed by atoms with Crippen LogP contribution in [0.3, 0.4) is 0 Å². The molecule has 0 saturated carbocycles.